The first-order valence-corrected chi connectivity index (χ1v) is 10.7. The van der Waals surface area contributed by atoms with Gasteiger partial charge in [0.05, 0.1) is 26.9 Å². The van der Waals surface area contributed by atoms with E-state index in [1.54, 1.807) is 7.11 Å². The van der Waals surface area contributed by atoms with E-state index in [1.807, 2.05) is 0 Å². The second-order valence-electron chi connectivity index (χ2n) is 7.57. The molecule has 0 spiro atoms. The van der Waals surface area contributed by atoms with Gasteiger partial charge in [-0.2, -0.15) is 0 Å². The highest BCUT2D eigenvalue weighted by molar-refractivity contribution is 5.79. The monoisotopic (exact) mass is 410 g/mol. The Morgan fingerprint density at radius 2 is 1.80 bits per heavy atom. The van der Waals surface area contributed by atoms with E-state index in [4.69, 9.17) is 14.5 Å². The van der Waals surface area contributed by atoms with Gasteiger partial charge in [0.1, 0.15) is 5.75 Å². The third-order valence-electron chi connectivity index (χ3n) is 5.19. The van der Waals surface area contributed by atoms with Gasteiger partial charge in [-0.05, 0) is 36.6 Å². The largest absolute Gasteiger partial charge is 0.496 e. The molecule has 0 amide bonds. The van der Waals surface area contributed by atoms with Crippen molar-refractivity contribution in [3.8, 4) is 5.75 Å². The van der Waals surface area contributed by atoms with Gasteiger partial charge in [-0.3, -0.25) is 4.90 Å². The zero-order valence-electron chi connectivity index (χ0n) is 18.4. The second-order valence-corrected chi connectivity index (χ2v) is 7.57. The van der Waals surface area contributed by atoms with Crippen molar-refractivity contribution in [1.82, 2.24) is 15.5 Å². The number of morpholine rings is 1. The molecule has 2 N–H and O–H groups in total. The van der Waals surface area contributed by atoms with Crippen molar-refractivity contribution in [1.29, 1.82) is 0 Å². The number of rotatable bonds is 8. The molecule has 0 atom stereocenters. The van der Waals surface area contributed by atoms with Crippen LogP contribution in [0.5, 0.6) is 5.75 Å². The molecule has 0 aliphatic carbocycles. The van der Waals surface area contributed by atoms with Crippen molar-refractivity contribution in [2.24, 2.45) is 4.99 Å². The van der Waals surface area contributed by atoms with Gasteiger partial charge in [0.15, 0.2) is 5.96 Å². The first-order valence-electron chi connectivity index (χ1n) is 10.7. The molecule has 1 aliphatic rings. The Morgan fingerprint density at radius 1 is 1.07 bits per heavy atom. The summed E-state index contributed by atoms with van der Waals surface area (Å²) in [6, 6.07) is 15.0. The molecule has 3 rings (SSSR count). The standard InChI is InChI=1S/C24H34N4O2/c1-4-25-24(27-17-22-10-5-19(2)15-23(22)29-3)26-16-20-6-8-21(9-7-20)18-28-11-13-30-14-12-28/h5-10,15H,4,11-14,16-18H2,1-3H3,(H2,25,26,27). The predicted molar refractivity (Wildman–Crippen MR) is 122 cm³/mol. The van der Waals surface area contributed by atoms with Crippen molar-refractivity contribution in [3.63, 3.8) is 0 Å². The van der Waals surface area contributed by atoms with Gasteiger partial charge in [0, 0.05) is 38.3 Å². The summed E-state index contributed by atoms with van der Waals surface area (Å²) in [7, 11) is 1.71. The maximum atomic E-state index is 5.50. The average Bonchev–Trinajstić information content (AvgIpc) is 2.78. The third-order valence-corrected chi connectivity index (χ3v) is 5.19. The Balaban J connectivity index is 1.56. The van der Waals surface area contributed by atoms with Crippen molar-refractivity contribution < 1.29 is 9.47 Å². The van der Waals surface area contributed by atoms with Gasteiger partial charge in [-0.1, -0.05) is 36.4 Å². The van der Waals surface area contributed by atoms with E-state index in [0.29, 0.717) is 13.1 Å². The molecule has 1 saturated heterocycles. The van der Waals surface area contributed by atoms with Gasteiger partial charge in [-0.15, -0.1) is 0 Å². The van der Waals surface area contributed by atoms with Gasteiger partial charge < -0.3 is 20.1 Å². The van der Waals surface area contributed by atoms with Crippen LogP contribution >= 0.6 is 0 Å². The first kappa shape index (κ1) is 22.1. The van der Waals surface area contributed by atoms with Gasteiger partial charge in [-0.25, -0.2) is 4.99 Å². The average molecular weight is 411 g/mol. The molecule has 0 radical (unpaired) electrons. The lowest BCUT2D eigenvalue weighted by atomic mass is 10.1. The molecule has 30 heavy (non-hydrogen) atoms. The normalized spacial score (nSPS) is 15.1. The Hall–Kier alpha value is -2.57. The fourth-order valence-corrected chi connectivity index (χ4v) is 3.46. The topological polar surface area (TPSA) is 58.1 Å². The van der Waals surface area contributed by atoms with Crippen LogP contribution in [0.3, 0.4) is 0 Å². The molecule has 1 fully saturated rings. The number of methoxy groups -OCH3 is 1. The van der Waals surface area contributed by atoms with E-state index in [2.05, 4.69) is 71.8 Å². The fraction of sp³-hybridized carbons (Fsp3) is 0.458. The lowest BCUT2D eigenvalue weighted by Crippen LogP contribution is -2.36. The first-order chi connectivity index (χ1) is 14.7. The molecule has 6 nitrogen and oxygen atoms in total. The van der Waals surface area contributed by atoms with E-state index in [9.17, 15) is 0 Å². The number of hydrogen-bond donors (Lipinski definition) is 2. The number of aliphatic imine (C=N–C) groups is 1. The van der Waals surface area contributed by atoms with Crippen LogP contribution in [0.15, 0.2) is 47.5 Å². The lowest BCUT2D eigenvalue weighted by molar-refractivity contribution is 0.0342. The molecule has 0 unspecified atom stereocenters. The van der Waals surface area contributed by atoms with Crippen LogP contribution in [0, 0.1) is 6.92 Å². The minimum Gasteiger partial charge on any atom is -0.496 e. The van der Waals surface area contributed by atoms with Crippen LogP contribution in [0.25, 0.3) is 0 Å². The van der Waals surface area contributed by atoms with E-state index in [1.165, 1.54) is 16.7 Å². The number of nitrogens with one attached hydrogen (secondary N) is 2. The van der Waals surface area contributed by atoms with Crippen molar-refractivity contribution in [2.45, 2.75) is 33.5 Å². The number of hydrogen-bond acceptors (Lipinski definition) is 4. The minimum absolute atomic E-state index is 0.637. The van der Waals surface area contributed by atoms with E-state index in [0.717, 1.165) is 56.7 Å². The second kappa shape index (κ2) is 11.6. The summed E-state index contributed by atoms with van der Waals surface area (Å²) in [6.07, 6.45) is 0. The van der Waals surface area contributed by atoms with Crippen LogP contribution in [0.1, 0.15) is 29.2 Å². The number of aryl methyl sites for hydroxylation is 1. The summed E-state index contributed by atoms with van der Waals surface area (Å²) in [5, 5.41) is 6.72. The summed E-state index contributed by atoms with van der Waals surface area (Å²) < 4.78 is 10.9. The molecule has 0 bridgehead atoms. The smallest absolute Gasteiger partial charge is 0.191 e. The van der Waals surface area contributed by atoms with Crippen LogP contribution < -0.4 is 15.4 Å². The van der Waals surface area contributed by atoms with Gasteiger partial charge >= 0.3 is 0 Å². The zero-order valence-corrected chi connectivity index (χ0v) is 18.4. The van der Waals surface area contributed by atoms with E-state index < -0.39 is 0 Å². The summed E-state index contributed by atoms with van der Waals surface area (Å²) in [5.41, 5.74) is 4.83. The predicted octanol–water partition coefficient (Wildman–Crippen LogP) is 3.09. The van der Waals surface area contributed by atoms with E-state index in [-0.39, 0.29) is 0 Å². The summed E-state index contributed by atoms with van der Waals surface area (Å²) in [5.74, 6) is 1.70. The number of nitrogens with zero attached hydrogens (tertiary/aromatic N) is 2. The van der Waals surface area contributed by atoms with Crippen molar-refractivity contribution in [2.75, 3.05) is 40.0 Å². The SMILES string of the molecule is CCNC(=NCc1ccc(CN2CCOCC2)cc1)NCc1ccc(C)cc1OC. The Morgan fingerprint density at radius 3 is 2.50 bits per heavy atom. The van der Waals surface area contributed by atoms with Crippen LogP contribution in [-0.2, 0) is 24.4 Å². The molecule has 2 aromatic carbocycles. The summed E-state index contributed by atoms with van der Waals surface area (Å²) in [6.45, 7) is 10.9. The van der Waals surface area contributed by atoms with Crippen molar-refractivity contribution >= 4 is 5.96 Å². The summed E-state index contributed by atoms with van der Waals surface area (Å²) >= 11 is 0. The Kier molecular flexibility index (Phi) is 8.53. The maximum Gasteiger partial charge on any atom is 0.191 e. The Labute approximate surface area is 180 Å². The van der Waals surface area contributed by atoms with Crippen LogP contribution in [0.2, 0.25) is 0 Å². The minimum atomic E-state index is 0.637. The van der Waals surface area contributed by atoms with Gasteiger partial charge in [0.2, 0.25) is 0 Å². The molecule has 2 aromatic rings. The quantitative estimate of drug-likeness (QED) is 0.517. The molecule has 1 heterocycles. The highest BCUT2D eigenvalue weighted by atomic mass is 16.5. The molecular formula is C24H34N4O2. The summed E-state index contributed by atoms with van der Waals surface area (Å²) in [4.78, 5) is 7.18. The number of benzene rings is 2. The number of guanidine groups is 1. The van der Waals surface area contributed by atoms with Gasteiger partial charge in [0.25, 0.3) is 0 Å². The number of ether oxygens (including phenoxy) is 2. The molecule has 162 valence electrons. The van der Waals surface area contributed by atoms with Crippen LogP contribution in [0.4, 0.5) is 0 Å². The molecule has 0 aromatic heterocycles. The molecule has 6 heteroatoms. The van der Waals surface area contributed by atoms with Crippen LogP contribution in [-0.4, -0.2) is 50.8 Å². The zero-order chi connectivity index (χ0) is 21.2. The van der Waals surface area contributed by atoms with Crippen molar-refractivity contribution in [3.05, 3.63) is 64.7 Å². The highest BCUT2D eigenvalue weighted by Crippen LogP contribution is 2.19. The molecule has 1 aliphatic heterocycles. The fourth-order valence-electron chi connectivity index (χ4n) is 3.46. The molecular weight excluding hydrogens is 376 g/mol. The maximum absolute atomic E-state index is 5.50. The highest BCUT2D eigenvalue weighted by Gasteiger charge is 2.10. The molecule has 0 saturated carbocycles. The lowest BCUT2D eigenvalue weighted by Gasteiger charge is -2.26. The third kappa shape index (κ3) is 6.75. The van der Waals surface area contributed by atoms with E-state index >= 15 is 0 Å². The Bertz CT molecular complexity index is 814.